The zero-order valence-corrected chi connectivity index (χ0v) is 19.1. The van der Waals surface area contributed by atoms with Crippen molar-refractivity contribution >= 4 is 28.8 Å². The quantitative estimate of drug-likeness (QED) is 0.355. The normalized spacial score (nSPS) is 14.9. The molecule has 0 spiro atoms. The maximum atomic E-state index is 13.6. The number of amidine groups is 1. The van der Waals surface area contributed by atoms with Gasteiger partial charge < -0.3 is 5.32 Å². The Morgan fingerprint density at radius 1 is 1.06 bits per heavy atom. The van der Waals surface area contributed by atoms with Crippen LogP contribution in [-0.4, -0.2) is 40.7 Å². The van der Waals surface area contributed by atoms with E-state index in [9.17, 15) is 9.18 Å². The standard InChI is InChI=1S/C26H27FN4OS/c27-24-12-11-23(33-24)26(32)31(25(28)13-16-29-21-9-5-2-6-10-21)22-14-17-30(18-15-22)19-20-7-3-1-4-8-20/h1-13,16,22,28-29H,14-15,17-19H2/b16-13-,28-25?. The van der Waals surface area contributed by atoms with Crippen LogP contribution >= 0.6 is 11.3 Å². The number of hydrogen-bond donors (Lipinski definition) is 2. The number of halogens is 1. The van der Waals surface area contributed by atoms with Gasteiger partial charge in [0.2, 0.25) is 0 Å². The number of amides is 1. The van der Waals surface area contributed by atoms with Gasteiger partial charge in [0.15, 0.2) is 5.13 Å². The number of rotatable bonds is 7. The molecule has 1 saturated heterocycles. The molecule has 0 bridgehead atoms. The van der Waals surface area contributed by atoms with Crippen molar-refractivity contribution in [3.8, 4) is 0 Å². The van der Waals surface area contributed by atoms with E-state index < -0.39 is 5.13 Å². The summed E-state index contributed by atoms with van der Waals surface area (Å²) in [6.45, 7) is 2.54. The summed E-state index contributed by atoms with van der Waals surface area (Å²) < 4.78 is 13.6. The molecule has 3 aromatic rings. The fraction of sp³-hybridized carbons (Fsp3) is 0.231. The second-order valence-electron chi connectivity index (χ2n) is 8.00. The van der Waals surface area contributed by atoms with Crippen molar-refractivity contribution in [3.63, 3.8) is 0 Å². The van der Waals surface area contributed by atoms with E-state index in [0.717, 1.165) is 49.5 Å². The van der Waals surface area contributed by atoms with Crippen LogP contribution in [-0.2, 0) is 6.54 Å². The Morgan fingerprint density at radius 3 is 2.36 bits per heavy atom. The molecule has 1 amide bonds. The minimum Gasteiger partial charge on any atom is -0.362 e. The van der Waals surface area contributed by atoms with Crippen LogP contribution in [0.1, 0.15) is 28.1 Å². The summed E-state index contributed by atoms with van der Waals surface area (Å²) in [5, 5.41) is 11.4. The summed E-state index contributed by atoms with van der Waals surface area (Å²) in [4.78, 5) is 17.5. The largest absolute Gasteiger partial charge is 0.362 e. The first-order chi connectivity index (χ1) is 16.1. The monoisotopic (exact) mass is 462 g/mol. The van der Waals surface area contributed by atoms with Crippen LogP contribution in [0.15, 0.2) is 85.1 Å². The van der Waals surface area contributed by atoms with Crippen molar-refractivity contribution in [2.24, 2.45) is 0 Å². The number of hydrogen-bond acceptors (Lipinski definition) is 5. The topological polar surface area (TPSA) is 59.4 Å². The summed E-state index contributed by atoms with van der Waals surface area (Å²) in [6, 6.07) is 22.7. The molecule has 2 N–H and O–H groups in total. The lowest BCUT2D eigenvalue weighted by Gasteiger charge is -2.38. The molecule has 170 valence electrons. The van der Waals surface area contributed by atoms with Crippen LogP contribution in [0.3, 0.4) is 0 Å². The van der Waals surface area contributed by atoms with E-state index in [2.05, 4.69) is 22.3 Å². The van der Waals surface area contributed by atoms with E-state index in [-0.39, 0.29) is 17.8 Å². The summed E-state index contributed by atoms with van der Waals surface area (Å²) in [7, 11) is 0. The number of piperidine rings is 1. The minimum atomic E-state index is -0.399. The molecule has 1 fully saturated rings. The Morgan fingerprint density at radius 2 is 1.73 bits per heavy atom. The Labute approximate surface area is 197 Å². The van der Waals surface area contributed by atoms with E-state index >= 15 is 0 Å². The minimum absolute atomic E-state index is 0.0961. The van der Waals surface area contributed by atoms with Gasteiger partial charge in [0, 0.05) is 37.6 Å². The molecule has 1 aliphatic heterocycles. The van der Waals surface area contributed by atoms with Crippen molar-refractivity contribution < 1.29 is 9.18 Å². The van der Waals surface area contributed by atoms with Crippen molar-refractivity contribution in [2.45, 2.75) is 25.4 Å². The van der Waals surface area contributed by atoms with Gasteiger partial charge in [-0.15, -0.1) is 11.3 Å². The lowest BCUT2D eigenvalue weighted by Crippen LogP contribution is -2.49. The van der Waals surface area contributed by atoms with Gasteiger partial charge in [-0.1, -0.05) is 48.5 Å². The second kappa shape index (κ2) is 11.0. The number of carbonyl (C=O) groups is 1. The molecule has 0 aliphatic carbocycles. The lowest BCUT2D eigenvalue weighted by molar-refractivity contribution is 0.0734. The maximum Gasteiger partial charge on any atom is 0.269 e. The molecule has 1 aromatic heterocycles. The number of carbonyl (C=O) groups excluding carboxylic acids is 1. The summed E-state index contributed by atoms with van der Waals surface area (Å²) in [5.41, 5.74) is 2.16. The van der Waals surface area contributed by atoms with E-state index in [1.165, 1.54) is 22.6 Å². The first-order valence-electron chi connectivity index (χ1n) is 11.0. The molecule has 1 aliphatic rings. The second-order valence-corrected chi connectivity index (χ2v) is 9.03. The van der Waals surface area contributed by atoms with E-state index in [1.807, 2.05) is 48.5 Å². The molecular weight excluding hydrogens is 435 g/mol. The molecule has 4 rings (SSSR count). The highest BCUT2D eigenvalue weighted by Gasteiger charge is 2.31. The number of likely N-dealkylation sites (tertiary alicyclic amines) is 1. The molecule has 33 heavy (non-hydrogen) atoms. The number of anilines is 1. The van der Waals surface area contributed by atoms with Crippen molar-refractivity contribution in [1.29, 1.82) is 5.41 Å². The van der Waals surface area contributed by atoms with Crippen LogP contribution in [0, 0.1) is 10.5 Å². The highest BCUT2D eigenvalue weighted by molar-refractivity contribution is 7.12. The molecule has 0 unspecified atom stereocenters. The lowest BCUT2D eigenvalue weighted by atomic mass is 10.0. The Hall–Kier alpha value is -3.29. The average molecular weight is 463 g/mol. The smallest absolute Gasteiger partial charge is 0.269 e. The fourth-order valence-electron chi connectivity index (χ4n) is 4.03. The number of para-hydroxylation sites is 1. The Bertz CT molecular complexity index is 1090. The molecular formula is C26H27FN4OS. The summed E-state index contributed by atoms with van der Waals surface area (Å²) in [6.07, 6.45) is 4.77. The third-order valence-corrected chi connectivity index (χ3v) is 6.56. The van der Waals surface area contributed by atoms with Crippen LogP contribution < -0.4 is 5.32 Å². The van der Waals surface area contributed by atoms with E-state index in [1.54, 1.807) is 12.3 Å². The molecule has 2 heterocycles. The van der Waals surface area contributed by atoms with Gasteiger partial charge in [-0.3, -0.25) is 20.0 Å². The maximum absolute atomic E-state index is 13.6. The predicted octanol–water partition coefficient (Wildman–Crippen LogP) is 5.60. The number of benzene rings is 2. The Kier molecular flexibility index (Phi) is 7.65. The summed E-state index contributed by atoms with van der Waals surface area (Å²) >= 11 is 0.824. The highest BCUT2D eigenvalue weighted by Crippen LogP contribution is 2.24. The molecule has 2 aromatic carbocycles. The summed E-state index contributed by atoms with van der Waals surface area (Å²) in [5.74, 6) is -0.224. The van der Waals surface area contributed by atoms with Crippen LogP contribution in [0.4, 0.5) is 10.1 Å². The Balaban J connectivity index is 1.44. The van der Waals surface area contributed by atoms with Crippen LogP contribution in [0.2, 0.25) is 0 Å². The van der Waals surface area contributed by atoms with Crippen LogP contribution in [0.5, 0.6) is 0 Å². The van der Waals surface area contributed by atoms with Gasteiger partial charge in [0.1, 0.15) is 5.84 Å². The van der Waals surface area contributed by atoms with Crippen molar-refractivity contribution in [2.75, 3.05) is 18.4 Å². The zero-order valence-electron chi connectivity index (χ0n) is 18.3. The first-order valence-corrected chi connectivity index (χ1v) is 11.8. The zero-order chi connectivity index (χ0) is 23.0. The van der Waals surface area contributed by atoms with Gasteiger partial charge in [-0.25, -0.2) is 0 Å². The number of thiophene rings is 1. The number of nitrogens with zero attached hydrogens (tertiary/aromatic N) is 2. The molecule has 5 nitrogen and oxygen atoms in total. The van der Waals surface area contributed by atoms with Gasteiger partial charge in [-0.2, -0.15) is 4.39 Å². The van der Waals surface area contributed by atoms with Crippen LogP contribution in [0.25, 0.3) is 0 Å². The molecule has 0 radical (unpaired) electrons. The van der Waals surface area contributed by atoms with Gasteiger partial charge in [0.25, 0.3) is 5.91 Å². The third kappa shape index (κ3) is 6.15. The predicted molar refractivity (Wildman–Crippen MR) is 132 cm³/mol. The van der Waals surface area contributed by atoms with Gasteiger partial charge in [-0.05, 0) is 48.7 Å². The highest BCUT2D eigenvalue weighted by atomic mass is 32.1. The fourth-order valence-corrected chi connectivity index (χ4v) is 4.70. The SMILES string of the molecule is N=C(/C=C\Nc1ccccc1)N(C(=O)c1ccc(F)s1)C1CCN(Cc2ccccc2)CC1. The van der Waals surface area contributed by atoms with Crippen molar-refractivity contribution in [3.05, 3.63) is 101 Å². The van der Waals surface area contributed by atoms with E-state index in [4.69, 9.17) is 5.41 Å². The molecule has 7 heteroatoms. The van der Waals surface area contributed by atoms with Gasteiger partial charge in [0.05, 0.1) is 4.88 Å². The molecule has 0 saturated carbocycles. The van der Waals surface area contributed by atoms with E-state index in [0.29, 0.717) is 4.88 Å². The molecule has 0 atom stereocenters. The third-order valence-electron chi connectivity index (χ3n) is 5.70. The van der Waals surface area contributed by atoms with Crippen molar-refractivity contribution in [1.82, 2.24) is 9.80 Å². The first kappa shape index (κ1) is 22.9. The average Bonchev–Trinajstić information content (AvgIpc) is 3.28. The van der Waals surface area contributed by atoms with Gasteiger partial charge >= 0.3 is 0 Å². The number of nitrogens with one attached hydrogen (secondary N) is 2.